The molecule has 3 aliphatic rings. The standard InChI is InChI=1S/C29H28N2OS/c32-28(27-20-33-29-12-6-5-11-26(27)29)15-16-30-18-25-10-4-3-9-24(30)19-31(25)23-14-13-21-7-1-2-8-22(21)17-23/h1-8,11-14,17,20,24-25H,9-10,15-16,18-19H2/b4-3-. The van der Waals surface area contributed by atoms with Crippen LogP contribution in [0.2, 0.25) is 0 Å². The number of piperazine rings is 1. The Balaban J connectivity index is 1.19. The van der Waals surface area contributed by atoms with Crippen LogP contribution in [-0.4, -0.2) is 42.4 Å². The predicted octanol–water partition coefficient (Wildman–Crippen LogP) is 6.54. The van der Waals surface area contributed by atoms with E-state index in [2.05, 4.69) is 76.5 Å². The second kappa shape index (κ2) is 8.77. The molecule has 0 saturated carbocycles. The van der Waals surface area contributed by atoms with Crippen molar-refractivity contribution in [3.05, 3.63) is 89.8 Å². The molecule has 7 rings (SSSR count). The summed E-state index contributed by atoms with van der Waals surface area (Å²) >= 11 is 1.67. The summed E-state index contributed by atoms with van der Waals surface area (Å²) in [4.78, 5) is 18.3. The number of rotatable bonds is 5. The molecule has 33 heavy (non-hydrogen) atoms. The molecule has 0 N–H and O–H groups in total. The lowest BCUT2D eigenvalue weighted by Crippen LogP contribution is -2.59. The molecule has 166 valence electrons. The zero-order valence-corrected chi connectivity index (χ0v) is 19.5. The second-order valence-electron chi connectivity index (χ2n) is 9.25. The van der Waals surface area contributed by atoms with Crippen LogP contribution in [0.25, 0.3) is 20.9 Å². The molecule has 1 saturated heterocycles. The number of ketones is 1. The number of thiophene rings is 1. The molecule has 2 atom stereocenters. The molecule has 2 unspecified atom stereocenters. The van der Waals surface area contributed by atoms with E-state index >= 15 is 0 Å². The van der Waals surface area contributed by atoms with Crippen LogP contribution in [0, 0.1) is 0 Å². The summed E-state index contributed by atoms with van der Waals surface area (Å²) in [7, 11) is 0. The molecule has 0 radical (unpaired) electrons. The second-order valence-corrected chi connectivity index (χ2v) is 10.2. The molecule has 2 bridgehead atoms. The minimum absolute atomic E-state index is 0.271. The van der Waals surface area contributed by atoms with Gasteiger partial charge in [0.15, 0.2) is 5.78 Å². The Morgan fingerprint density at radius 3 is 2.58 bits per heavy atom. The topological polar surface area (TPSA) is 23.6 Å². The molecule has 3 aromatic carbocycles. The molecule has 0 aliphatic carbocycles. The van der Waals surface area contributed by atoms with Gasteiger partial charge >= 0.3 is 0 Å². The molecule has 3 aliphatic heterocycles. The van der Waals surface area contributed by atoms with Gasteiger partial charge in [-0.1, -0.05) is 60.7 Å². The van der Waals surface area contributed by atoms with Crippen LogP contribution in [0.1, 0.15) is 29.6 Å². The van der Waals surface area contributed by atoms with Crippen LogP contribution >= 0.6 is 11.3 Å². The van der Waals surface area contributed by atoms with Crippen LogP contribution in [-0.2, 0) is 0 Å². The summed E-state index contributed by atoms with van der Waals surface area (Å²) in [6, 6.07) is 24.6. The third-order valence-electron chi connectivity index (χ3n) is 7.27. The summed E-state index contributed by atoms with van der Waals surface area (Å²) in [6.45, 7) is 2.87. The fraction of sp³-hybridized carbons (Fsp3) is 0.276. The number of hydrogen-bond acceptors (Lipinski definition) is 4. The Labute approximate surface area is 198 Å². The van der Waals surface area contributed by atoms with Crippen LogP contribution in [0.3, 0.4) is 0 Å². The van der Waals surface area contributed by atoms with Crippen molar-refractivity contribution < 1.29 is 4.79 Å². The minimum atomic E-state index is 0.271. The van der Waals surface area contributed by atoms with Crippen molar-refractivity contribution in [1.82, 2.24) is 4.90 Å². The molecule has 3 nitrogen and oxygen atoms in total. The van der Waals surface area contributed by atoms with Gasteiger partial charge in [-0.05, 0) is 41.8 Å². The van der Waals surface area contributed by atoms with Gasteiger partial charge in [-0.25, -0.2) is 0 Å². The molecule has 1 fully saturated rings. The van der Waals surface area contributed by atoms with Gasteiger partial charge < -0.3 is 4.90 Å². The van der Waals surface area contributed by atoms with E-state index in [0.717, 1.165) is 43.4 Å². The summed E-state index contributed by atoms with van der Waals surface area (Å²) in [6.07, 6.45) is 7.38. The van der Waals surface area contributed by atoms with Crippen molar-refractivity contribution in [3.63, 3.8) is 0 Å². The van der Waals surface area contributed by atoms with Gasteiger partial charge in [0.05, 0.1) is 0 Å². The average molecular weight is 453 g/mol. The van der Waals surface area contributed by atoms with Gasteiger partial charge in [0.25, 0.3) is 0 Å². The summed E-state index contributed by atoms with van der Waals surface area (Å²) < 4.78 is 1.20. The van der Waals surface area contributed by atoms with Crippen LogP contribution in [0.4, 0.5) is 5.69 Å². The maximum absolute atomic E-state index is 13.1. The molecule has 0 spiro atoms. The first-order chi connectivity index (χ1) is 16.3. The van der Waals surface area contributed by atoms with E-state index in [1.54, 1.807) is 11.3 Å². The molecular weight excluding hydrogens is 424 g/mol. The molecule has 4 heteroatoms. The van der Waals surface area contributed by atoms with Crippen molar-refractivity contribution >= 4 is 43.7 Å². The van der Waals surface area contributed by atoms with Crippen LogP contribution in [0.15, 0.2) is 84.3 Å². The first-order valence-electron chi connectivity index (χ1n) is 11.9. The summed E-state index contributed by atoms with van der Waals surface area (Å²) in [5, 5.41) is 5.73. The van der Waals surface area contributed by atoms with Gasteiger partial charge in [0.2, 0.25) is 0 Å². The van der Waals surface area contributed by atoms with E-state index in [4.69, 9.17) is 0 Å². The van der Waals surface area contributed by atoms with E-state index in [1.807, 2.05) is 17.5 Å². The molecule has 4 heterocycles. The normalized spacial score (nSPS) is 21.9. The number of fused-ring (bicyclic) bond motifs is 6. The number of anilines is 1. The number of carbonyl (C=O) groups excluding carboxylic acids is 1. The first-order valence-corrected chi connectivity index (χ1v) is 12.8. The number of nitrogens with zero attached hydrogens (tertiary/aromatic N) is 2. The highest BCUT2D eigenvalue weighted by molar-refractivity contribution is 7.17. The Kier molecular flexibility index (Phi) is 5.49. The van der Waals surface area contributed by atoms with Crippen molar-refractivity contribution in [2.75, 3.05) is 24.5 Å². The Hall–Kier alpha value is -2.95. The van der Waals surface area contributed by atoms with E-state index in [0.29, 0.717) is 18.5 Å². The largest absolute Gasteiger partial charge is 0.365 e. The smallest absolute Gasteiger partial charge is 0.165 e. The van der Waals surface area contributed by atoms with E-state index < -0.39 is 0 Å². The van der Waals surface area contributed by atoms with Gasteiger partial charge in [0, 0.05) is 64.9 Å². The SMILES string of the molecule is O=C(CCN1CC2C/C=C\CC1CN2c1ccc2ccccc2c1)c1csc2ccccc12. The van der Waals surface area contributed by atoms with Crippen LogP contribution < -0.4 is 4.90 Å². The molecular formula is C29H28N2OS. The highest BCUT2D eigenvalue weighted by Gasteiger charge is 2.34. The lowest BCUT2D eigenvalue weighted by Gasteiger charge is -2.48. The maximum atomic E-state index is 13.1. The fourth-order valence-corrected chi connectivity index (χ4v) is 6.43. The van der Waals surface area contributed by atoms with Gasteiger partial charge in [0.1, 0.15) is 0 Å². The highest BCUT2D eigenvalue weighted by atomic mass is 32.1. The third-order valence-corrected chi connectivity index (χ3v) is 8.23. The molecule has 4 aromatic rings. The quantitative estimate of drug-likeness (QED) is 0.254. The Morgan fingerprint density at radius 2 is 1.67 bits per heavy atom. The van der Waals surface area contributed by atoms with E-state index in [9.17, 15) is 4.79 Å². The predicted molar refractivity (Wildman–Crippen MR) is 140 cm³/mol. The Morgan fingerprint density at radius 1 is 0.879 bits per heavy atom. The maximum Gasteiger partial charge on any atom is 0.165 e. The Bertz CT molecular complexity index is 1340. The van der Waals surface area contributed by atoms with Crippen molar-refractivity contribution in [2.45, 2.75) is 31.3 Å². The number of hydrogen-bond donors (Lipinski definition) is 0. The monoisotopic (exact) mass is 452 g/mol. The summed E-state index contributed by atoms with van der Waals surface area (Å²) in [5.41, 5.74) is 2.21. The first kappa shape index (κ1) is 20.6. The highest BCUT2D eigenvalue weighted by Crippen LogP contribution is 2.31. The number of Topliss-reactive ketones (excluding diaryl/α,β-unsaturated/α-hetero) is 1. The lowest BCUT2D eigenvalue weighted by molar-refractivity contribution is 0.0928. The van der Waals surface area contributed by atoms with Crippen molar-refractivity contribution in [1.29, 1.82) is 0 Å². The fourth-order valence-electron chi connectivity index (χ4n) is 5.46. The van der Waals surface area contributed by atoms with Gasteiger partial charge in [-0.3, -0.25) is 9.69 Å². The minimum Gasteiger partial charge on any atom is -0.365 e. The van der Waals surface area contributed by atoms with Crippen molar-refractivity contribution in [3.8, 4) is 0 Å². The molecule has 0 amide bonds. The average Bonchev–Trinajstić information content (AvgIpc) is 3.27. The summed E-state index contributed by atoms with van der Waals surface area (Å²) in [5.74, 6) is 0.271. The van der Waals surface area contributed by atoms with E-state index in [-0.39, 0.29) is 5.78 Å². The number of carbonyl (C=O) groups is 1. The zero-order chi connectivity index (χ0) is 22.2. The third kappa shape index (κ3) is 3.98. The lowest BCUT2D eigenvalue weighted by atomic mass is 9.95. The van der Waals surface area contributed by atoms with Gasteiger partial charge in [-0.15, -0.1) is 11.3 Å². The van der Waals surface area contributed by atoms with Crippen LogP contribution in [0.5, 0.6) is 0 Å². The van der Waals surface area contributed by atoms with E-state index in [1.165, 1.54) is 21.2 Å². The zero-order valence-electron chi connectivity index (χ0n) is 18.7. The van der Waals surface area contributed by atoms with Gasteiger partial charge in [-0.2, -0.15) is 0 Å². The molecule has 1 aromatic heterocycles. The number of benzene rings is 3. The van der Waals surface area contributed by atoms with Crippen molar-refractivity contribution in [2.24, 2.45) is 0 Å².